The van der Waals surface area contributed by atoms with Gasteiger partial charge in [-0.15, -0.1) is 6.42 Å². The van der Waals surface area contributed by atoms with Gasteiger partial charge in [0.25, 0.3) is 5.69 Å². The average molecular weight is 289 g/mol. The Bertz CT molecular complexity index is 536. The SMILES string of the molecule is C#CCNC(=NCCNc1ccccc1[N+](=O)[O-])NCC. The second-order valence-electron chi connectivity index (χ2n) is 4.02. The smallest absolute Gasteiger partial charge is 0.292 e. The number of guanidine groups is 1. The number of nitro groups is 1. The van der Waals surface area contributed by atoms with Crippen LogP contribution < -0.4 is 16.0 Å². The molecule has 1 aromatic carbocycles. The van der Waals surface area contributed by atoms with Gasteiger partial charge in [0.05, 0.1) is 18.0 Å². The summed E-state index contributed by atoms with van der Waals surface area (Å²) < 4.78 is 0. The Morgan fingerprint density at radius 1 is 1.43 bits per heavy atom. The first-order valence-electron chi connectivity index (χ1n) is 6.62. The van der Waals surface area contributed by atoms with E-state index in [0.717, 1.165) is 6.54 Å². The summed E-state index contributed by atoms with van der Waals surface area (Å²) >= 11 is 0. The first-order chi connectivity index (χ1) is 10.2. The lowest BCUT2D eigenvalue weighted by Gasteiger charge is -2.09. The van der Waals surface area contributed by atoms with E-state index in [1.54, 1.807) is 18.2 Å². The highest BCUT2D eigenvalue weighted by atomic mass is 16.6. The van der Waals surface area contributed by atoms with Crippen LogP contribution in [0.4, 0.5) is 11.4 Å². The topological polar surface area (TPSA) is 91.6 Å². The molecule has 0 aliphatic rings. The largest absolute Gasteiger partial charge is 0.378 e. The monoisotopic (exact) mass is 289 g/mol. The summed E-state index contributed by atoms with van der Waals surface area (Å²) in [5, 5.41) is 19.9. The number of rotatable bonds is 7. The van der Waals surface area contributed by atoms with Gasteiger partial charge in [-0.2, -0.15) is 0 Å². The van der Waals surface area contributed by atoms with E-state index in [9.17, 15) is 10.1 Å². The van der Waals surface area contributed by atoms with Crippen molar-refractivity contribution in [2.45, 2.75) is 6.92 Å². The van der Waals surface area contributed by atoms with Crippen molar-refractivity contribution in [3.8, 4) is 12.3 Å². The summed E-state index contributed by atoms with van der Waals surface area (Å²) in [5.41, 5.74) is 0.540. The van der Waals surface area contributed by atoms with Gasteiger partial charge in [-0.05, 0) is 13.0 Å². The molecular weight excluding hydrogens is 270 g/mol. The number of hydrogen-bond acceptors (Lipinski definition) is 4. The molecule has 1 rings (SSSR count). The van der Waals surface area contributed by atoms with Crippen LogP contribution in [0.15, 0.2) is 29.3 Å². The average Bonchev–Trinajstić information content (AvgIpc) is 2.49. The molecule has 0 fully saturated rings. The van der Waals surface area contributed by atoms with Crippen molar-refractivity contribution in [2.75, 3.05) is 31.5 Å². The van der Waals surface area contributed by atoms with Crippen molar-refractivity contribution < 1.29 is 4.92 Å². The highest BCUT2D eigenvalue weighted by molar-refractivity contribution is 5.80. The van der Waals surface area contributed by atoms with Crippen molar-refractivity contribution in [1.29, 1.82) is 0 Å². The first-order valence-corrected chi connectivity index (χ1v) is 6.62. The lowest BCUT2D eigenvalue weighted by atomic mass is 10.2. The van der Waals surface area contributed by atoms with Gasteiger partial charge in [0.15, 0.2) is 5.96 Å². The molecule has 0 radical (unpaired) electrons. The fourth-order valence-electron chi connectivity index (χ4n) is 1.62. The van der Waals surface area contributed by atoms with Crippen LogP contribution in [0, 0.1) is 22.5 Å². The van der Waals surface area contributed by atoms with Gasteiger partial charge < -0.3 is 16.0 Å². The molecule has 1 aromatic rings. The summed E-state index contributed by atoms with van der Waals surface area (Å²) in [4.78, 5) is 14.8. The highest BCUT2D eigenvalue weighted by Gasteiger charge is 2.10. The normalized spacial score (nSPS) is 10.6. The molecule has 7 nitrogen and oxygen atoms in total. The molecule has 0 aliphatic carbocycles. The molecule has 0 bridgehead atoms. The summed E-state index contributed by atoms with van der Waals surface area (Å²) in [7, 11) is 0. The van der Waals surface area contributed by atoms with Gasteiger partial charge in [0.2, 0.25) is 0 Å². The van der Waals surface area contributed by atoms with E-state index in [-0.39, 0.29) is 5.69 Å². The van der Waals surface area contributed by atoms with Gasteiger partial charge in [0, 0.05) is 19.2 Å². The molecule has 0 heterocycles. The van der Waals surface area contributed by atoms with E-state index in [0.29, 0.717) is 31.3 Å². The second kappa shape index (κ2) is 9.20. The maximum absolute atomic E-state index is 10.9. The van der Waals surface area contributed by atoms with Crippen molar-refractivity contribution in [2.24, 2.45) is 4.99 Å². The highest BCUT2D eigenvalue weighted by Crippen LogP contribution is 2.22. The zero-order valence-corrected chi connectivity index (χ0v) is 11.9. The van der Waals surface area contributed by atoms with Crippen LogP contribution in [-0.2, 0) is 0 Å². The Labute approximate surface area is 124 Å². The first kappa shape index (κ1) is 16.3. The number of nitro benzene ring substituents is 1. The van der Waals surface area contributed by atoms with Crippen LogP contribution in [0.5, 0.6) is 0 Å². The van der Waals surface area contributed by atoms with E-state index in [2.05, 4.69) is 26.9 Å². The Balaban J connectivity index is 2.52. The number of aliphatic imine (C=N–C) groups is 1. The van der Waals surface area contributed by atoms with E-state index in [1.807, 2.05) is 6.92 Å². The Morgan fingerprint density at radius 2 is 2.19 bits per heavy atom. The van der Waals surface area contributed by atoms with Crippen molar-refractivity contribution >= 4 is 17.3 Å². The van der Waals surface area contributed by atoms with Gasteiger partial charge in [-0.3, -0.25) is 15.1 Å². The van der Waals surface area contributed by atoms with Crippen LogP contribution in [0.3, 0.4) is 0 Å². The lowest BCUT2D eigenvalue weighted by Crippen LogP contribution is -2.37. The zero-order valence-electron chi connectivity index (χ0n) is 11.9. The van der Waals surface area contributed by atoms with Crippen LogP contribution >= 0.6 is 0 Å². The molecule has 0 spiro atoms. The summed E-state index contributed by atoms with van der Waals surface area (Å²) in [6.45, 7) is 4.03. The number of hydrogen-bond donors (Lipinski definition) is 3. The third-order valence-corrected chi connectivity index (χ3v) is 2.50. The molecule has 0 saturated heterocycles. The van der Waals surface area contributed by atoms with Crippen molar-refractivity contribution in [1.82, 2.24) is 10.6 Å². The zero-order chi connectivity index (χ0) is 15.5. The van der Waals surface area contributed by atoms with Gasteiger partial charge >= 0.3 is 0 Å². The number of nitrogens with one attached hydrogen (secondary N) is 3. The van der Waals surface area contributed by atoms with Crippen molar-refractivity contribution in [3.05, 3.63) is 34.4 Å². The lowest BCUT2D eigenvalue weighted by molar-refractivity contribution is -0.384. The maximum atomic E-state index is 10.9. The minimum absolute atomic E-state index is 0.0545. The van der Waals surface area contributed by atoms with E-state index in [4.69, 9.17) is 6.42 Å². The molecule has 0 unspecified atom stereocenters. The van der Waals surface area contributed by atoms with Gasteiger partial charge in [-0.1, -0.05) is 18.1 Å². The number of nitrogens with zero attached hydrogens (tertiary/aromatic N) is 2. The third-order valence-electron chi connectivity index (χ3n) is 2.50. The summed E-state index contributed by atoms with van der Waals surface area (Å²) in [5.74, 6) is 3.10. The Hall–Kier alpha value is -2.75. The fraction of sp³-hybridized carbons (Fsp3) is 0.357. The van der Waals surface area contributed by atoms with E-state index < -0.39 is 4.92 Å². The Kier molecular flexibility index (Phi) is 7.14. The molecule has 21 heavy (non-hydrogen) atoms. The van der Waals surface area contributed by atoms with Crippen LogP contribution in [0.25, 0.3) is 0 Å². The second-order valence-corrected chi connectivity index (χ2v) is 4.02. The molecule has 112 valence electrons. The van der Waals surface area contributed by atoms with Crippen LogP contribution in [-0.4, -0.2) is 37.1 Å². The van der Waals surface area contributed by atoms with Crippen molar-refractivity contribution in [3.63, 3.8) is 0 Å². The van der Waals surface area contributed by atoms with Gasteiger partial charge in [0.1, 0.15) is 5.69 Å². The van der Waals surface area contributed by atoms with E-state index in [1.165, 1.54) is 6.07 Å². The quantitative estimate of drug-likeness (QED) is 0.175. The standard InChI is InChI=1S/C14H19N5O2/c1-3-9-17-14(15-4-2)18-11-10-16-12-7-5-6-8-13(12)19(20)21/h1,5-8,16H,4,9-11H2,2H3,(H2,15,17,18). The summed E-state index contributed by atoms with van der Waals surface area (Å²) in [6, 6.07) is 6.51. The number of terminal acetylenes is 1. The number of para-hydroxylation sites is 2. The molecular formula is C14H19N5O2. The summed E-state index contributed by atoms with van der Waals surface area (Å²) in [6.07, 6.45) is 5.18. The Morgan fingerprint density at radius 3 is 2.86 bits per heavy atom. The molecule has 0 atom stereocenters. The molecule has 7 heteroatoms. The number of benzene rings is 1. The van der Waals surface area contributed by atoms with Crippen LogP contribution in [0.2, 0.25) is 0 Å². The minimum Gasteiger partial charge on any atom is -0.378 e. The third kappa shape index (κ3) is 5.82. The minimum atomic E-state index is -0.413. The predicted molar refractivity (Wildman–Crippen MR) is 84.4 cm³/mol. The molecule has 0 aliphatic heterocycles. The molecule has 3 N–H and O–H groups in total. The predicted octanol–water partition coefficient (Wildman–Crippen LogP) is 1.19. The molecule has 0 saturated carbocycles. The molecule has 0 aromatic heterocycles. The van der Waals surface area contributed by atoms with Gasteiger partial charge in [-0.25, -0.2) is 0 Å². The maximum Gasteiger partial charge on any atom is 0.292 e. The number of anilines is 1. The fourth-order valence-corrected chi connectivity index (χ4v) is 1.62. The van der Waals surface area contributed by atoms with E-state index >= 15 is 0 Å². The van der Waals surface area contributed by atoms with Crippen LogP contribution in [0.1, 0.15) is 6.92 Å². The molecule has 0 amide bonds.